The maximum absolute atomic E-state index is 11.9. The SMILES string of the molecule is CCCOC(=O)c1ccc(OCC(=O)N/N=C/c2cccc3ccccc23)cc1. The Balaban J connectivity index is 1.50. The molecule has 1 amide bonds. The molecule has 0 aliphatic carbocycles. The molecule has 0 radical (unpaired) electrons. The maximum atomic E-state index is 11.9. The van der Waals surface area contributed by atoms with Crippen LogP contribution in [-0.2, 0) is 9.53 Å². The lowest BCUT2D eigenvalue weighted by Gasteiger charge is -2.07. The molecule has 3 rings (SSSR count). The Kier molecular flexibility index (Phi) is 6.95. The molecule has 0 fully saturated rings. The molecule has 29 heavy (non-hydrogen) atoms. The zero-order chi connectivity index (χ0) is 20.5. The van der Waals surface area contributed by atoms with Gasteiger partial charge >= 0.3 is 5.97 Å². The van der Waals surface area contributed by atoms with Crippen LogP contribution in [-0.4, -0.2) is 31.3 Å². The summed E-state index contributed by atoms with van der Waals surface area (Å²) in [5.74, 6) is -0.281. The van der Waals surface area contributed by atoms with Crippen molar-refractivity contribution in [3.63, 3.8) is 0 Å². The van der Waals surface area contributed by atoms with Crippen molar-refractivity contribution in [1.29, 1.82) is 0 Å². The fraction of sp³-hybridized carbons (Fsp3) is 0.174. The highest BCUT2D eigenvalue weighted by atomic mass is 16.5. The summed E-state index contributed by atoms with van der Waals surface area (Å²) < 4.78 is 10.5. The van der Waals surface area contributed by atoms with Crippen LogP contribution >= 0.6 is 0 Å². The van der Waals surface area contributed by atoms with E-state index in [1.165, 1.54) is 0 Å². The molecule has 0 saturated carbocycles. The second kappa shape index (κ2) is 10.0. The van der Waals surface area contributed by atoms with E-state index in [9.17, 15) is 9.59 Å². The van der Waals surface area contributed by atoms with Crippen LogP contribution in [0.15, 0.2) is 71.8 Å². The van der Waals surface area contributed by atoms with Crippen LogP contribution in [0.2, 0.25) is 0 Å². The van der Waals surface area contributed by atoms with Crippen LogP contribution in [0.3, 0.4) is 0 Å². The average Bonchev–Trinajstić information content (AvgIpc) is 2.76. The number of hydrogen-bond acceptors (Lipinski definition) is 5. The number of carbonyl (C=O) groups excluding carboxylic acids is 2. The summed E-state index contributed by atoms with van der Waals surface area (Å²) in [7, 11) is 0. The van der Waals surface area contributed by atoms with E-state index in [2.05, 4.69) is 10.5 Å². The molecular weight excluding hydrogens is 368 g/mol. The van der Waals surface area contributed by atoms with Gasteiger partial charge in [-0.15, -0.1) is 0 Å². The molecule has 0 saturated heterocycles. The number of nitrogens with zero attached hydrogens (tertiary/aromatic N) is 1. The Bertz CT molecular complexity index is 1010. The average molecular weight is 390 g/mol. The van der Waals surface area contributed by atoms with E-state index in [-0.39, 0.29) is 18.5 Å². The van der Waals surface area contributed by atoms with Gasteiger partial charge in [-0.25, -0.2) is 10.2 Å². The number of nitrogens with one attached hydrogen (secondary N) is 1. The van der Waals surface area contributed by atoms with Gasteiger partial charge in [-0.1, -0.05) is 49.4 Å². The van der Waals surface area contributed by atoms with E-state index < -0.39 is 0 Å². The fourth-order valence-corrected chi connectivity index (χ4v) is 2.68. The summed E-state index contributed by atoms with van der Waals surface area (Å²) in [6.07, 6.45) is 2.38. The monoisotopic (exact) mass is 390 g/mol. The van der Waals surface area contributed by atoms with Crippen molar-refractivity contribution in [3.05, 3.63) is 77.9 Å². The summed E-state index contributed by atoms with van der Waals surface area (Å²) in [6, 6.07) is 20.3. The topological polar surface area (TPSA) is 77.0 Å². The quantitative estimate of drug-likeness (QED) is 0.359. The summed E-state index contributed by atoms with van der Waals surface area (Å²) in [5, 5.41) is 6.17. The highest BCUT2D eigenvalue weighted by Gasteiger charge is 2.07. The summed E-state index contributed by atoms with van der Waals surface area (Å²) >= 11 is 0. The smallest absolute Gasteiger partial charge is 0.338 e. The van der Waals surface area contributed by atoms with Gasteiger partial charge in [0.05, 0.1) is 18.4 Å². The molecule has 0 aliphatic rings. The molecule has 0 heterocycles. The van der Waals surface area contributed by atoms with Crippen molar-refractivity contribution in [3.8, 4) is 5.75 Å². The number of rotatable bonds is 8. The first-order valence-corrected chi connectivity index (χ1v) is 9.37. The van der Waals surface area contributed by atoms with Gasteiger partial charge in [0, 0.05) is 5.56 Å². The molecular formula is C23H22N2O4. The van der Waals surface area contributed by atoms with Crippen molar-refractivity contribution in [1.82, 2.24) is 5.43 Å². The second-order valence-corrected chi connectivity index (χ2v) is 6.31. The predicted octanol–water partition coefficient (Wildman–Crippen LogP) is 3.94. The summed E-state index contributed by atoms with van der Waals surface area (Å²) in [5.41, 5.74) is 3.80. The van der Waals surface area contributed by atoms with E-state index in [1.807, 2.05) is 49.4 Å². The van der Waals surface area contributed by atoms with Gasteiger partial charge in [-0.05, 0) is 41.5 Å². The molecule has 0 bridgehead atoms. The maximum Gasteiger partial charge on any atom is 0.338 e. The second-order valence-electron chi connectivity index (χ2n) is 6.31. The number of ether oxygens (including phenoxy) is 2. The van der Waals surface area contributed by atoms with E-state index in [4.69, 9.17) is 9.47 Å². The van der Waals surface area contributed by atoms with Crippen molar-refractivity contribution in [2.24, 2.45) is 5.10 Å². The molecule has 0 aromatic heterocycles. The Labute approximate surface area is 169 Å². The van der Waals surface area contributed by atoms with Crippen LogP contribution in [0, 0.1) is 0 Å². The molecule has 3 aromatic rings. The molecule has 0 aliphatic heterocycles. The van der Waals surface area contributed by atoms with Crippen LogP contribution in [0.25, 0.3) is 10.8 Å². The molecule has 6 nitrogen and oxygen atoms in total. The fourth-order valence-electron chi connectivity index (χ4n) is 2.68. The van der Waals surface area contributed by atoms with Gasteiger partial charge in [-0.3, -0.25) is 4.79 Å². The van der Waals surface area contributed by atoms with Crippen LogP contribution in [0.4, 0.5) is 0 Å². The molecule has 0 atom stereocenters. The summed E-state index contributed by atoms with van der Waals surface area (Å²) in [6.45, 7) is 2.13. The van der Waals surface area contributed by atoms with Gasteiger partial charge in [0.1, 0.15) is 5.75 Å². The van der Waals surface area contributed by atoms with Gasteiger partial charge in [0.15, 0.2) is 6.61 Å². The van der Waals surface area contributed by atoms with Crippen LogP contribution in [0.5, 0.6) is 5.75 Å². The minimum Gasteiger partial charge on any atom is -0.484 e. The van der Waals surface area contributed by atoms with Gasteiger partial charge in [-0.2, -0.15) is 5.10 Å². The minimum absolute atomic E-state index is 0.188. The highest BCUT2D eigenvalue weighted by Crippen LogP contribution is 2.16. The van der Waals surface area contributed by atoms with Gasteiger partial charge in [0.2, 0.25) is 0 Å². The third kappa shape index (κ3) is 5.65. The molecule has 3 aromatic carbocycles. The number of benzene rings is 3. The minimum atomic E-state index is -0.382. The first-order valence-electron chi connectivity index (χ1n) is 9.37. The summed E-state index contributed by atoms with van der Waals surface area (Å²) in [4.78, 5) is 23.7. The van der Waals surface area contributed by atoms with Crippen LogP contribution < -0.4 is 10.2 Å². The largest absolute Gasteiger partial charge is 0.484 e. The first kappa shape index (κ1) is 20.1. The Morgan fingerprint density at radius 3 is 2.55 bits per heavy atom. The molecule has 0 spiro atoms. The molecule has 0 unspecified atom stereocenters. The van der Waals surface area contributed by atoms with Crippen molar-refractivity contribution in [2.45, 2.75) is 13.3 Å². The van der Waals surface area contributed by atoms with E-state index in [0.29, 0.717) is 17.9 Å². The number of hydrogen-bond donors (Lipinski definition) is 1. The number of fused-ring (bicyclic) bond motifs is 1. The number of amides is 1. The van der Waals surface area contributed by atoms with E-state index >= 15 is 0 Å². The third-order valence-electron chi connectivity index (χ3n) is 4.11. The van der Waals surface area contributed by atoms with Crippen molar-refractivity contribution in [2.75, 3.05) is 13.2 Å². The number of hydrazone groups is 1. The van der Waals surface area contributed by atoms with E-state index in [1.54, 1.807) is 30.5 Å². The normalized spacial score (nSPS) is 10.8. The first-order chi connectivity index (χ1) is 14.2. The predicted molar refractivity (Wildman–Crippen MR) is 112 cm³/mol. The van der Waals surface area contributed by atoms with Gasteiger partial charge in [0.25, 0.3) is 5.91 Å². The number of carbonyl (C=O) groups is 2. The van der Waals surface area contributed by atoms with Crippen molar-refractivity contribution < 1.29 is 19.1 Å². The van der Waals surface area contributed by atoms with Crippen LogP contribution in [0.1, 0.15) is 29.3 Å². The lowest BCUT2D eigenvalue weighted by Crippen LogP contribution is -2.24. The molecule has 6 heteroatoms. The zero-order valence-corrected chi connectivity index (χ0v) is 16.1. The third-order valence-corrected chi connectivity index (χ3v) is 4.11. The lowest BCUT2D eigenvalue weighted by molar-refractivity contribution is -0.123. The highest BCUT2D eigenvalue weighted by molar-refractivity contribution is 6.00. The van der Waals surface area contributed by atoms with E-state index in [0.717, 1.165) is 22.8 Å². The van der Waals surface area contributed by atoms with Crippen molar-refractivity contribution >= 4 is 28.9 Å². The Morgan fingerprint density at radius 2 is 1.76 bits per heavy atom. The molecule has 1 N–H and O–H groups in total. The standard InChI is InChI=1S/C23H22N2O4/c1-2-14-28-23(27)18-10-12-20(13-11-18)29-16-22(26)25-24-15-19-8-5-7-17-6-3-4-9-21(17)19/h3-13,15H,2,14,16H2,1H3,(H,25,26)/b24-15+. The zero-order valence-electron chi connectivity index (χ0n) is 16.1. The van der Waals surface area contributed by atoms with Gasteiger partial charge < -0.3 is 9.47 Å². The molecule has 148 valence electrons. The Hall–Kier alpha value is -3.67. The number of esters is 1. The Morgan fingerprint density at radius 1 is 1.00 bits per heavy atom. The lowest BCUT2D eigenvalue weighted by atomic mass is 10.1.